The van der Waals surface area contributed by atoms with E-state index in [1.807, 2.05) is 0 Å². The quantitative estimate of drug-likeness (QED) is 0.478. The van der Waals surface area contributed by atoms with E-state index in [1.165, 1.54) is 0 Å². The Labute approximate surface area is 50.6 Å². The van der Waals surface area contributed by atoms with Crippen LogP contribution in [0.5, 0.6) is 0 Å². The van der Waals surface area contributed by atoms with Crippen LogP contribution in [0.3, 0.4) is 0 Å². The highest BCUT2D eigenvalue weighted by Crippen LogP contribution is 2.21. The monoisotopic (exact) mass is 114 g/mol. The Hall–Kier alpha value is -0.0800. The summed E-state index contributed by atoms with van der Waals surface area (Å²) in [6.45, 7) is 1.66. The van der Waals surface area contributed by atoms with E-state index in [0.717, 1.165) is 19.6 Å². The molecule has 0 aromatic carbocycles. The predicted octanol–water partition coefficient (Wildman–Crippen LogP) is -0.00530. The largest absolute Gasteiger partial charge is 0.379 e. The molecule has 2 saturated heterocycles. The fraction of sp³-hybridized carbons (Fsp3) is 1.00. The summed E-state index contributed by atoms with van der Waals surface area (Å²) in [5.41, 5.74) is 0. The van der Waals surface area contributed by atoms with E-state index in [1.54, 1.807) is 0 Å². The van der Waals surface area contributed by atoms with Gasteiger partial charge in [0.2, 0.25) is 0 Å². The highest BCUT2D eigenvalue weighted by atomic mass is 16.5. The summed E-state index contributed by atoms with van der Waals surface area (Å²) in [5, 5.41) is 3.16. The van der Waals surface area contributed by atoms with Crippen LogP contribution in [-0.2, 0) is 4.74 Å². The minimum atomic E-state index is -0.0242. The van der Waals surface area contributed by atoms with Gasteiger partial charge in [-0.25, -0.2) is 0 Å². The van der Waals surface area contributed by atoms with E-state index in [9.17, 15) is 0 Å². The highest BCUT2D eigenvalue weighted by molar-refractivity contribution is 4.86. The first kappa shape index (κ1) is 3.85. The van der Waals surface area contributed by atoms with Crippen LogP contribution in [0.25, 0.3) is 0 Å². The standard InChI is InChI=1S/C6H11NO/c1-2-7-6-4-8-3-5(1)6/h5-7H,1-4H2/t5-,6+/m0/s1/i2D/t2-,5-,6+. The van der Waals surface area contributed by atoms with E-state index in [4.69, 9.17) is 6.11 Å². The van der Waals surface area contributed by atoms with Crippen molar-refractivity contribution in [1.29, 1.82) is 0 Å². The van der Waals surface area contributed by atoms with Gasteiger partial charge >= 0.3 is 0 Å². The van der Waals surface area contributed by atoms with Gasteiger partial charge in [-0.3, -0.25) is 0 Å². The molecule has 0 aromatic heterocycles. The Balaban J connectivity index is 2.02. The van der Waals surface area contributed by atoms with Crippen LogP contribution in [0.4, 0.5) is 0 Å². The third kappa shape index (κ3) is 0.565. The zero-order chi connectivity index (χ0) is 6.27. The molecule has 2 nitrogen and oxygen atoms in total. The number of ether oxygens (including phenoxy) is 1. The molecule has 3 atom stereocenters. The number of rotatable bonds is 0. The average Bonchev–Trinajstić information content (AvgIpc) is 2.22. The summed E-state index contributed by atoms with van der Waals surface area (Å²) >= 11 is 0. The number of nitrogens with one attached hydrogen (secondary N) is 1. The van der Waals surface area contributed by atoms with Crippen LogP contribution in [0.15, 0.2) is 0 Å². The molecule has 2 fully saturated rings. The molecule has 0 unspecified atom stereocenters. The molecule has 2 aliphatic heterocycles. The maximum Gasteiger partial charge on any atom is 0.0623 e. The second-order valence-electron chi connectivity index (χ2n) is 2.51. The van der Waals surface area contributed by atoms with E-state index in [0.29, 0.717) is 12.0 Å². The minimum Gasteiger partial charge on any atom is -0.379 e. The normalized spacial score (nSPS) is 56.0. The molecule has 2 rings (SSSR count). The maximum atomic E-state index is 7.36. The summed E-state index contributed by atoms with van der Waals surface area (Å²) in [4.78, 5) is 0. The molecular weight excluding hydrogens is 102 g/mol. The van der Waals surface area contributed by atoms with Gasteiger partial charge in [-0.1, -0.05) is 0 Å². The van der Waals surface area contributed by atoms with Crippen molar-refractivity contribution in [2.45, 2.75) is 12.5 Å². The zero-order valence-electron chi connectivity index (χ0n) is 5.76. The Kier molecular flexibility index (Phi) is 0.822. The fourth-order valence-electron chi connectivity index (χ4n) is 1.39. The van der Waals surface area contributed by atoms with Crippen LogP contribution in [0.2, 0.25) is 0 Å². The van der Waals surface area contributed by atoms with Gasteiger partial charge < -0.3 is 10.1 Å². The lowest BCUT2D eigenvalue weighted by Crippen LogP contribution is -2.25. The first-order valence-electron chi connectivity index (χ1n) is 3.70. The van der Waals surface area contributed by atoms with Crippen molar-refractivity contribution in [1.82, 2.24) is 5.32 Å². The van der Waals surface area contributed by atoms with Gasteiger partial charge in [0.25, 0.3) is 0 Å². The van der Waals surface area contributed by atoms with Crippen LogP contribution in [0, 0.1) is 5.92 Å². The van der Waals surface area contributed by atoms with Crippen LogP contribution < -0.4 is 5.32 Å². The van der Waals surface area contributed by atoms with E-state index < -0.39 is 0 Å². The molecule has 0 spiro atoms. The molecule has 0 aromatic rings. The molecule has 0 amide bonds. The third-order valence-corrected chi connectivity index (χ3v) is 1.95. The smallest absolute Gasteiger partial charge is 0.0623 e. The lowest BCUT2D eigenvalue weighted by molar-refractivity contribution is 0.177. The van der Waals surface area contributed by atoms with Crippen LogP contribution >= 0.6 is 0 Å². The van der Waals surface area contributed by atoms with Crippen molar-refractivity contribution in [2.75, 3.05) is 19.7 Å². The Morgan fingerprint density at radius 3 is 3.50 bits per heavy atom. The van der Waals surface area contributed by atoms with Gasteiger partial charge in [0.15, 0.2) is 0 Å². The third-order valence-electron chi connectivity index (χ3n) is 1.95. The minimum absolute atomic E-state index is 0.0242. The molecule has 46 valence electrons. The molecule has 8 heavy (non-hydrogen) atoms. The molecule has 0 radical (unpaired) electrons. The first-order valence-corrected chi connectivity index (χ1v) is 3.12. The topological polar surface area (TPSA) is 21.3 Å². The van der Waals surface area contributed by atoms with Crippen LogP contribution in [-0.4, -0.2) is 25.8 Å². The highest BCUT2D eigenvalue weighted by Gasteiger charge is 2.31. The van der Waals surface area contributed by atoms with Gasteiger partial charge in [-0.15, -0.1) is 0 Å². The maximum absolute atomic E-state index is 7.36. The lowest BCUT2D eigenvalue weighted by Gasteiger charge is -2.02. The SMILES string of the molecule is [2H][C@H]1C[C@H]2COC[C@H]2N1. The number of hydrogen-bond acceptors (Lipinski definition) is 2. The molecule has 0 saturated carbocycles. The predicted molar refractivity (Wildman–Crippen MR) is 30.7 cm³/mol. The Morgan fingerprint density at radius 1 is 1.62 bits per heavy atom. The van der Waals surface area contributed by atoms with E-state index in [2.05, 4.69) is 5.32 Å². The summed E-state index contributed by atoms with van der Waals surface area (Å²) in [6.07, 6.45) is 0.977. The summed E-state index contributed by atoms with van der Waals surface area (Å²) in [5.74, 6) is 0.632. The van der Waals surface area contributed by atoms with Crippen molar-refractivity contribution in [3.63, 3.8) is 0 Å². The first-order chi connectivity index (χ1) is 4.36. The summed E-state index contributed by atoms with van der Waals surface area (Å²) in [6, 6.07) is 0.493. The van der Waals surface area contributed by atoms with Crippen molar-refractivity contribution >= 4 is 0 Å². The summed E-state index contributed by atoms with van der Waals surface area (Å²) < 4.78 is 12.6. The molecule has 0 aliphatic carbocycles. The van der Waals surface area contributed by atoms with Crippen molar-refractivity contribution in [2.24, 2.45) is 5.92 Å². The molecule has 0 bridgehead atoms. The molecule has 1 N–H and O–H groups in total. The van der Waals surface area contributed by atoms with E-state index >= 15 is 0 Å². The number of fused-ring (bicyclic) bond motifs is 1. The van der Waals surface area contributed by atoms with Gasteiger partial charge in [-0.05, 0) is 12.9 Å². The second-order valence-corrected chi connectivity index (χ2v) is 2.51. The van der Waals surface area contributed by atoms with Gasteiger partial charge in [-0.2, -0.15) is 0 Å². The van der Waals surface area contributed by atoms with Gasteiger partial charge in [0, 0.05) is 13.3 Å². The molecule has 2 aliphatic rings. The molecule has 2 heteroatoms. The van der Waals surface area contributed by atoms with Crippen molar-refractivity contribution < 1.29 is 6.11 Å². The molecule has 2 heterocycles. The Bertz CT molecular complexity index is 108. The Morgan fingerprint density at radius 2 is 2.62 bits per heavy atom. The van der Waals surface area contributed by atoms with Gasteiger partial charge in [0.1, 0.15) is 0 Å². The van der Waals surface area contributed by atoms with Crippen molar-refractivity contribution in [3.8, 4) is 0 Å². The molecular formula is C6H11NO. The average molecular weight is 114 g/mol. The number of hydrogen-bond donors (Lipinski definition) is 1. The lowest BCUT2D eigenvalue weighted by atomic mass is 10.1. The van der Waals surface area contributed by atoms with Gasteiger partial charge in [0.05, 0.1) is 13.2 Å². The fourth-order valence-corrected chi connectivity index (χ4v) is 1.39. The summed E-state index contributed by atoms with van der Waals surface area (Å²) in [7, 11) is 0. The van der Waals surface area contributed by atoms with Crippen LogP contribution in [0.1, 0.15) is 7.79 Å². The zero-order valence-corrected chi connectivity index (χ0v) is 4.76. The van der Waals surface area contributed by atoms with E-state index in [-0.39, 0.29) is 6.52 Å². The van der Waals surface area contributed by atoms with Crippen molar-refractivity contribution in [3.05, 3.63) is 0 Å². The second kappa shape index (κ2) is 1.71.